The van der Waals surface area contributed by atoms with Gasteiger partial charge in [-0.15, -0.1) is 0 Å². The molecule has 0 saturated carbocycles. The molecule has 0 bridgehead atoms. The minimum atomic E-state index is -0.0385. The predicted octanol–water partition coefficient (Wildman–Crippen LogP) is 2.68. The number of carbonyl (C=O) groups excluding carboxylic acids is 1. The van der Waals surface area contributed by atoms with Gasteiger partial charge in [0, 0.05) is 24.7 Å². The summed E-state index contributed by atoms with van der Waals surface area (Å²) in [6.45, 7) is 4.41. The molecule has 2 aliphatic heterocycles. The molecule has 3 heterocycles. The Morgan fingerprint density at radius 1 is 1.22 bits per heavy atom. The van der Waals surface area contributed by atoms with Gasteiger partial charge in [-0.05, 0) is 50.3 Å². The van der Waals surface area contributed by atoms with E-state index in [1.165, 1.54) is 5.56 Å². The third kappa shape index (κ3) is 2.66. The van der Waals surface area contributed by atoms with Crippen LogP contribution in [0.4, 0.5) is 0 Å². The van der Waals surface area contributed by atoms with Crippen molar-refractivity contribution in [2.75, 3.05) is 26.3 Å². The molecule has 1 aliphatic carbocycles. The van der Waals surface area contributed by atoms with Crippen molar-refractivity contribution < 1.29 is 14.3 Å². The summed E-state index contributed by atoms with van der Waals surface area (Å²) in [5, 5.41) is 0. The van der Waals surface area contributed by atoms with Gasteiger partial charge in [-0.25, -0.2) is 9.97 Å². The molecule has 5 rings (SSSR count). The third-order valence-corrected chi connectivity index (χ3v) is 6.02. The normalized spacial score (nSPS) is 23.4. The number of ether oxygens (including phenoxy) is 2. The Morgan fingerprint density at radius 3 is 3.04 bits per heavy atom. The monoisotopic (exact) mass is 365 g/mol. The summed E-state index contributed by atoms with van der Waals surface area (Å²) in [5.74, 6) is 2.07. The van der Waals surface area contributed by atoms with E-state index in [2.05, 4.69) is 4.98 Å². The van der Waals surface area contributed by atoms with Crippen LogP contribution in [0.2, 0.25) is 0 Å². The molecule has 1 aromatic heterocycles. The second kappa shape index (κ2) is 6.22. The summed E-state index contributed by atoms with van der Waals surface area (Å²) in [6, 6.07) is 5.56. The van der Waals surface area contributed by atoms with Crippen molar-refractivity contribution in [3.63, 3.8) is 0 Å². The molecule has 1 amide bonds. The fourth-order valence-electron chi connectivity index (χ4n) is 4.74. The Kier molecular flexibility index (Phi) is 3.81. The minimum absolute atomic E-state index is 0.0238. The number of hydrogen-bond acceptors (Lipinski definition) is 5. The number of aryl methyl sites for hydroxylation is 2. The molecule has 1 unspecified atom stereocenters. The number of piperidine rings is 1. The highest BCUT2D eigenvalue weighted by Crippen LogP contribution is 2.44. The summed E-state index contributed by atoms with van der Waals surface area (Å²) in [6.07, 6.45) is 6.06. The highest BCUT2D eigenvalue weighted by Gasteiger charge is 2.45. The average molecular weight is 365 g/mol. The van der Waals surface area contributed by atoms with Crippen LogP contribution in [-0.4, -0.2) is 47.1 Å². The molecule has 1 atom stereocenters. The SMILES string of the molecule is Cc1ncc2c(n1)C1(CCCN(C(=O)c3cccc4c3OCCO4)C1)CC2. The van der Waals surface area contributed by atoms with Crippen LogP contribution in [0.3, 0.4) is 0 Å². The maximum Gasteiger partial charge on any atom is 0.257 e. The highest BCUT2D eigenvalue weighted by molar-refractivity contribution is 5.98. The number of hydrogen-bond donors (Lipinski definition) is 0. The van der Waals surface area contributed by atoms with Gasteiger partial charge in [-0.3, -0.25) is 4.79 Å². The lowest BCUT2D eigenvalue weighted by Crippen LogP contribution is -2.48. The summed E-state index contributed by atoms with van der Waals surface area (Å²) in [7, 11) is 0. The molecular formula is C21H23N3O3. The van der Waals surface area contributed by atoms with Gasteiger partial charge < -0.3 is 14.4 Å². The maximum absolute atomic E-state index is 13.3. The molecule has 0 radical (unpaired) electrons. The Labute approximate surface area is 158 Å². The number of aromatic nitrogens is 2. The molecular weight excluding hydrogens is 342 g/mol. The Bertz CT molecular complexity index is 910. The van der Waals surface area contributed by atoms with E-state index >= 15 is 0 Å². The number of fused-ring (bicyclic) bond motifs is 3. The average Bonchev–Trinajstić information content (AvgIpc) is 3.04. The fraction of sp³-hybridized carbons (Fsp3) is 0.476. The zero-order chi connectivity index (χ0) is 18.4. The van der Waals surface area contributed by atoms with Crippen molar-refractivity contribution >= 4 is 5.91 Å². The lowest BCUT2D eigenvalue weighted by atomic mass is 9.77. The largest absolute Gasteiger partial charge is 0.486 e. The number of rotatable bonds is 1. The van der Waals surface area contributed by atoms with Gasteiger partial charge in [0.05, 0.1) is 11.3 Å². The number of para-hydroxylation sites is 1. The smallest absolute Gasteiger partial charge is 0.257 e. The zero-order valence-corrected chi connectivity index (χ0v) is 15.5. The van der Waals surface area contributed by atoms with Crippen LogP contribution in [0.1, 0.15) is 46.7 Å². The van der Waals surface area contributed by atoms with Gasteiger partial charge in [-0.1, -0.05) is 6.07 Å². The van der Waals surface area contributed by atoms with Crippen molar-refractivity contribution in [2.45, 2.75) is 38.0 Å². The minimum Gasteiger partial charge on any atom is -0.486 e. The van der Waals surface area contributed by atoms with Crippen molar-refractivity contribution in [3.05, 3.63) is 47.0 Å². The predicted molar refractivity (Wildman–Crippen MR) is 99.3 cm³/mol. The molecule has 1 saturated heterocycles. The number of amides is 1. The first-order chi connectivity index (χ1) is 13.2. The van der Waals surface area contributed by atoms with Crippen LogP contribution in [0.25, 0.3) is 0 Å². The van der Waals surface area contributed by atoms with Crippen molar-refractivity contribution in [3.8, 4) is 11.5 Å². The molecule has 1 spiro atoms. The Morgan fingerprint density at radius 2 is 2.11 bits per heavy atom. The molecule has 0 N–H and O–H groups in total. The van der Waals surface area contributed by atoms with Gasteiger partial charge in [0.25, 0.3) is 5.91 Å². The van der Waals surface area contributed by atoms with E-state index in [1.54, 1.807) is 0 Å². The molecule has 6 heteroatoms. The van der Waals surface area contributed by atoms with Crippen molar-refractivity contribution in [1.82, 2.24) is 14.9 Å². The lowest BCUT2D eigenvalue weighted by molar-refractivity contribution is 0.0624. The van der Waals surface area contributed by atoms with Crippen LogP contribution >= 0.6 is 0 Å². The molecule has 3 aliphatic rings. The van der Waals surface area contributed by atoms with Gasteiger partial charge in [0.15, 0.2) is 11.5 Å². The molecule has 27 heavy (non-hydrogen) atoms. The van der Waals surface area contributed by atoms with Crippen LogP contribution in [-0.2, 0) is 11.8 Å². The summed E-state index contributed by atoms with van der Waals surface area (Å²) < 4.78 is 11.4. The number of carbonyl (C=O) groups is 1. The lowest BCUT2D eigenvalue weighted by Gasteiger charge is -2.40. The van der Waals surface area contributed by atoms with E-state index in [1.807, 2.05) is 36.2 Å². The van der Waals surface area contributed by atoms with E-state index in [0.29, 0.717) is 36.8 Å². The molecule has 140 valence electrons. The van der Waals surface area contributed by atoms with E-state index < -0.39 is 0 Å². The van der Waals surface area contributed by atoms with Crippen molar-refractivity contribution in [2.24, 2.45) is 0 Å². The van der Waals surface area contributed by atoms with E-state index in [-0.39, 0.29) is 11.3 Å². The van der Waals surface area contributed by atoms with Crippen molar-refractivity contribution in [1.29, 1.82) is 0 Å². The fourth-order valence-corrected chi connectivity index (χ4v) is 4.74. The quantitative estimate of drug-likeness (QED) is 0.777. The number of nitrogens with zero attached hydrogens (tertiary/aromatic N) is 3. The Hall–Kier alpha value is -2.63. The van der Waals surface area contributed by atoms with E-state index in [4.69, 9.17) is 14.5 Å². The topological polar surface area (TPSA) is 64.6 Å². The standard InChI is InChI=1S/C21H23N3O3/c1-14-22-12-15-6-8-21(19(15)23-14)7-3-9-24(13-21)20(25)16-4-2-5-17-18(16)27-11-10-26-17/h2,4-5,12H,3,6-11,13H2,1H3. The molecule has 2 aromatic rings. The number of likely N-dealkylation sites (tertiary alicyclic amines) is 1. The highest BCUT2D eigenvalue weighted by atomic mass is 16.6. The summed E-state index contributed by atoms with van der Waals surface area (Å²) in [4.78, 5) is 24.5. The number of benzene rings is 1. The first-order valence-corrected chi connectivity index (χ1v) is 9.67. The summed E-state index contributed by atoms with van der Waals surface area (Å²) >= 11 is 0. The Balaban J connectivity index is 1.46. The van der Waals surface area contributed by atoms with Gasteiger partial charge in [-0.2, -0.15) is 0 Å². The molecule has 1 aromatic carbocycles. The molecule has 1 fully saturated rings. The van der Waals surface area contributed by atoms with Crippen LogP contribution in [0.15, 0.2) is 24.4 Å². The summed E-state index contributed by atoms with van der Waals surface area (Å²) in [5.41, 5.74) is 2.95. The van der Waals surface area contributed by atoms with Crippen LogP contribution < -0.4 is 9.47 Å². The van der Waals surface area contributed by atoms with Crippen LogP contribution in [0, 0.1) is 6.92 Å². The maximum atomic E-state index is 13.3. The van der Waals surface area contributed by atoms with Gasteiger partial charge in [0.1, 0.15) is 19.0 Å². The third-order valence-electron chi connectivity index (χ3n) is 6.02. The van der Waals surface area contributed by atoms with E-state index in [9.17, 15) is 4.79 Å². The molecule has 6 nitrogen and oxygen atoms in total. The second-order valence-electron chi connectivity index (χ2n) is 7.73. The van der Waals surface area contributed by atoms with Crippen LogP contribution in [0.5, 0.6) is 11.5 Å². The van der Waals surface area contributed by atoms with Gasteiger partial charge in [0.2, 0.25) is 0 Å². The van der Waals surface area contributed by atoms with E-state index in [0.717, 1.165) is 43.7 Å². The second-order valence-corrected chi connectivity index (χ2v) is 7.73. The first-order valence-electron chi connectivity index (χ1n) is 9.67. The first kappa shape index (κ1) is 16.5. The van der Waals surface area contributed by atoms with Gasteiger partial charge >= 0.3 is 0 Å². The zero-order valence-electron chi connectivity index (χ0n) is 15.5.